The second-order valence-corrected chi connectivity index (χ2v) is 5.72. The second kappa shape index (κ2) is 7.75. The molecule has 0 bridgehead atoms. The van der Waals surface area contributed by atoms with E-state index >= 15 is 0 Å². The van der Waals surface area contributed by atoms with E-state index in [9.17, 15) is 9.59 Å². The smallest absolute Gasteiger partial charge is 0.252 e. The van der Waals surface area contributed by atoms with Crippen molar-refractivity contribution in [1.82, 2.24) is 10.6 Å². The van der Waals surface area contributed by atoms with Crippen LogP contribution in [0.15, 0.2) is 59.1 Å². The van der Waals surface area contributed by atoms with E-state index in [4.69, 9.17) is 0 Å². The molecular weight excluding hydrogens is 344 g/mol. The van der Waals surface area contributed by atoms with Gasteiger partial charge in [0, 0.05) is 4.47 Å². The van der Waals surface area contributed by atoms with Crippen molar-refractivity contribution in [2.75, 3.05) is 6.54 Å². The molecule has 2 aromatic rings. The summed E-state index contributed by atoms with van der Waals surface area (Å²) in [5.41, 5.74) is 1.53. The van der Waals surface area contributed by atoms with Crippen LogP contribution in [0, 0.1) is 0 Å². The van der Waals surface area contributed by atoms with E-state index in [1.807, 2.05) is 43.3 Å². The standard InChI is InChI=1S/C17H17BrN2O2/c1-12(13-7-3-2-4-8-13)20-16(21)11-19-17(22)14-9-5-6-10-15(14)18/h2-10,12H,11H2,1H3,(H,19,22)(H,20,21)/t12-/m0/s1. The van der Waals surface area contributed by atoms with Crippen LogP contribution in [0.3, 0.4) is 0 Å². The van der Waals surface area contributed by atoms with Gasteiger partial charge in [0.1, 0.15) is 0 Å². The van der Waals surface area contributed by atoms with Crippen LogP contribution in [0.5, 0.6) is 0 Å². The highest BCUT2D eigenvalue weighted by atomic mass is 79.9. The number of hydrogen-bond donors (Lipinski definition) is 2. The highest BCUT2D eigenvalue weighted by molar-refractivity contribution is 9.10. The zero-order chi connectivity index (χ0) is 15.9. The molecule has 114 valence electrons. The SMILES string of the molecule is C[C@H](NC(=O)CNC(=O)c1ccccc1Br)c1ccccc1. The van der Waals surface area contributed by atoms with Gasteiger partial charge in [0.05, 0.1) is 18.2 Å². The van der Waals surface area contributed by atoms with Crippen LogP contribution in [-0.4, -0.2) is 18.4 Å². The maximum Gasteiger partial charge on any atom is 0.252 e. The third kappa shape index (κ3) is 4.43. The molecule has 0 radical (unpaired) electrons. The highest BCUT2D eigenvalue weighted by Gasteiger charge is 2.12. The summed E-state index contributed by atoms with van der Waals surface area (Å²) < 4.78 is 0.700. The van der Waals surface area contributed by atoms with Crippen molar-refractivity contribution < 1.29 is 9.59 Å². The molecule has 0 heterocycles. The van der Waals surface area contributed by atoms with Crippen molar-refractivity contribution >= 4 is 27.7 Å². The maximum atomic E-state index is 12.0. The van der Waals surface area contributed by atoms with Gasteiger partial charge in [-0.3, -0.25) is 9.59 Å². The zero-order valence-electron chi connectivity index (χ0n) is 12.2. The first-order valence-electron chi connectivity index (χ1n) is 6.95. The predicted octanol–water partition coefficient (Wildman–Crippen LogP) is 3.06. The Bertz CT molecular complexity index is 659. The molecule has 0 fully saturated rings. The summed E-state index contributed by atoms with van der Waals surface area (Å²) in [5.74, 6) is -0.508. The van der Waals surface area contributed by atoms with Crippen molar-refractivity contribution in [2.45, 2.75) is 13.0 Å². The quantitative estimate of drug-likeness (QED) is 0.860. The largest absolute Gasteiger partial charge is 0.348 e. The average molecular weight is 361 g/mol. The molecule has 0 aliphatic rings. The summed E-state index contributed by atoms with van der Waals surface area (Å²) in [4.78, 5) is 23.9. The number of carbonyl (C=O) groups is 2. The molecule has 0 aliphatic carbocycles. The fourth-order valence-corrected chi connectivity index (χ4v) is 2.48. The monoisotopic (exact) mass is 360 g/mol. The zero-order valence-corrected chi connectivity index (χ0v) is 13.8. The van der Waals surface area contributed by atoms with E-state index in [-0.39, 0.29) is 24.4 Å². The highest BCUT2D eigenvalue weighted by Crippen LogP contribution is 2.15. The van der Waals surface area contributed by atoms with Gasteiger partial charge >= 0.3 is 0 Å². The molecule has 0 saturated heterocycles. The predicted molar refractivity (Wildman–Crippen MR) is 89.5 cm³/mol. The lowest BCUT2D eigenvalue weighted by atomic mass is 10.1. The van der Waals surface area contributed by atoms with Gasteiger partial charge in [-0.05, 0) is 40.5 Å². The van der Waals surface area contributed by atoms with Crippen molar-refractivity contribution in [3.8, 4) is 0 Å². The third-order valence-electron chi connectivity index (χ3n) is 3.21. The fraction of sp³-hybridized carbons (Fsp3) is 0.176. The summed E-state index contributed by atoms with van der Waals surface area (Å²) in [6.45, 7) is 1.85. The van der Waals surface area contributed by atoms with E-state index < -0.39 is 0 Å². The van der Waals surface area contributed by atoms with Gasteiger partial charge in [-0.2, -0.15) is 0 Å². The van der Waals surface area contributed by atoms with E-state index in [1.54, 1.807) is 18.2 Å². The first kappa shape index (κ1) is 16.2. The van der Waals surface area contributed by atoms with Crippen LogP contribution in [-0.2, 0) is 4.79 Å². The molecular formula is C17H17BrN2O2. The Hall–Kier alpha value is -2.14. The first-order valence-corrected chi connectivity index (χ1v) is 7.74. The number of hydrogen-bond acceptors (Lipinski definition) is 2. The summed E-state index contributed by atoms with van der Waals surface area (Å²) >= 11 is 3.31. The van der Waals surface area contributed by atoms with Gasteiger partial charge in [-0.1, -0.05) is 42.5 Å². The number of carbonyl (C=O) groups excluding carboxylic acids is 2. The minimum atomic E-state index is -0.282. The van der Waals surface area contributed by atoms with Crippen molar-refractivity contribution in [3.63, 3.8) is 0 Å². The van der Waals surface area contributed by atoms with Crippen LogP contribution in [0.4, 0.5) is 0 Å². The van der Waals surface area contributed by atoms with Crippen molar-refractivity contribution in [1.29, 1.82) is 0 Å². The number of nitrogens with one attached hydrogen (secondary N) is 2. The van der Waals surface area contributed by atoms with Gasteiger partial charge in [-0.15, -0.1) is 0 Å². The van der Waals surface area contributed by atoms with E-state index in [0.717, 1.165) is 5.56 Å². The third-order valence-corrected chi connectivity index (χ3v) is 3.90. The van der Waals surface area contributed by atoms with Crippen molar-refractivity contribution in [3.05, 3.63) is 70.2 Å². The summed E-state index contributed by atoms with van der Waals surface area (Å²) in [7, 11) is 0. The molecule has 0 aromatic heterocycles. The Balaban J connectivity index is 1.85. The molecule has 1 atom stereocenters. The maximum absolute atomic E-state index is 12.0. The fourth-order valence-electron chi connectivity index (χ4n) is 2.02. The van der Waals surface area contributed by atoms with Gasteiger partial charge in [0.2, 0.25) is 5.91 Å². The van der Waals surface area contributed by atoms with Gasteiger partial charge < -0.3 is 10.6 Å². The minimum Gasteiger partial charge on any atom is -0.348 e. The van der Waals surface area contributed by atoms with Crippen molar-refractivity contribution in [2.24, 2.45) is 0 Å². The molecule has 22 heavy (non-hydrogen) atoms. The number of rotatable bonds is 5. The van der Waals surface area contributed by atoms with Crippen LogP contribution >= 0.6 is 15.9 Å². The molecule has 2 aromatic carbocycles. The Morgan fingerprint density at radius 1 is 1.05 bits per heavy atom. The van der Waals surface area contributed by atoms with E-state index in [0.29, 0.717) is 10.0 Å². The Kier molecular flexibility index (Phi) is 5.72. The van der Waals surface area contributed by atoms with Crippen LogP contribution < -0.4 is 10.6 Å². The molecule has 2 N–H and O–H groups in total. The van der Waals surface area contributed by atoms with Crippen LogP contribution in [0.25, 0.3) is 0 Å². The molecule has 2 amide bonds. The normalized spacial score (nSPS) is 11.5. The summed E-state index contributed by atoms with van der Waals surface area (Å²) in [6, 6.07) is 16.7. The first-order chi connectivity index (χ1) is 10.6. The lowest BCUT2D eigenvalue weighted by Gasteiger charge is -2.14. The molecule has 2 rings (SSSR count). The van der Waals surface area contributed by atoms with Gasteiger partial charge in [0.15, 0.2) is 0 Å². The lowest BCUT2D eigenvalue weighted by Crippen LogP contribution is -2.38. The average Bonchev–Trinajstić information content (AvgIpc) is 2.54. The number of halogens is 1. The second-order valence-electron chi connectivity index (χ2n) is 4.86. The Morgan fingerprint density at radius 2 is 1.68 bits per heavy atom. The molecule has 5 heteroatoms. The van der Waals surface area contributed by atoms with E-state index in [2.05, 4.69) is 26.6 Å². The lowest BCUT2D eigenvalue weighted by molar-refractivity contribution is -0.120. The van der Waals surface area contributed by atoms with Gasteiger partial charge in [0.25, 0.3) is 5.91 Å². The summed E-state index contributed by atoms with van der Waals surface area (Å²) in [5, 5.41) is 5.47. The number of benzene rings is 2. The number of amides is 2. The van der Waals surface area contributed by atoms with Gasteiger partial charge in [-0.25, -0.2) is 0 Å². The molecule has 0 spiro atoms. The minimum absolute atomic E-state index is 0.0582. The Morgan fingerprint density at radius 3 is 2.36 bits per heavy atom. The summed E-state index contributed by atoms with van der Waals surface area (Å²) in [6.07, 6.45) is 0. The molecule has 0 saturated carbocycles. The van der Waals surface area contributed by atoms with Crippen LogP contribution in [0.2, 0.25) is 0 Å². The van der Waals surface area contributed by atoms with Crippen LogP contribution in [0.1, 0.15) is 28.9 Å². The molecule has 0 aliphatic heterocycles. The Labute approximate surface area is 138 Å². The molecule has 4 nitrogen and oxygen atoms in total. The topological polar surface area (TPSA) is 58.2 Å². The van der Waals surface area contributed by atoms with E-state index in [1.165, 1.54) is 0 Å². The molecule has 0 unspecified atom stereocenters.